The smallest absolute Gasteiger partial charge is 0.258 e. The molecule has 7 nitrogen and oxygen atoms in total. The molecule has 2 amide bonds. The zero-order valence-electron chi connectivity index (χ0n) is 24.4. The van der Waals surface area contributed by atoms with Gasteiger partial charge in [0.1, 0.15) is 0 Å². The molecule has 1 aliphatic heterocycles. The minimum absolute atomic E-state index is 0.210. The summed E-state index contributed by atoms with van der Waals surface area (Å²) in [6.45, 7) is 1.83. The summed E-state index contributed by atoms with van der Waals surface area (Å²) in [7, 11) is 0. The molecule has 1 fully saturated rings. The maximum atomic E-state index is 13.5. The molecule has 43 heavy (non-hydrogen) atoms. The van der Waals surface area contributed by atoms with E-state index in [2.05, 4.69) is 33.4 Å². The Balaban J connectivity index is 1.11. The molecule has 0 saturated carbocycles. The number of aryl methyl sites for hydroxylation is 1. The summed E-state index contributed by atoms with van der Waals surface area (Å²) in [6, 6.07) is 23.8. The Kier molecular flexibility index (Phi) is 9.23. The lowest BCUT2D eigenvalue weighted by Gasteiger charge is -2.20. The normalized spacial score (nSPS) is 13.6. The van der Waals surface area contributed by atoms with E-state index in [-0.39, 0.29) is 5.91 Å². The lowest BCUT2D eigenvalue weighted by atomic mass is 10.0. The first-order valence-electron chi connectivity index (χ1n) is 15.3. The van der Waals surface area contributed by atoms with Gasteiger partial charge in [-0.25, -0.2) is 9.97 Å². The van der Waals surface area contributed by atoms with Crippen molar-refractivity contribution < 1.29 is 9.59 Å². The van der Waals surface area contributed by atoms with E-state index < -0.39 is 0 Å². The molecule has 6 rings (SSSR count). The summed E-state index contributed by atoms with van der Waals surface area (Å²) in [4.78, 5) is 37.4. The van der Waals surface area contributed by atoms with E-state index >= 15 is 0 Å². The van der Waals surface area contributed by atoms with Crippen molar-refractivity contribution in [3.8, 4) is 16.8 Å². The number of thiazole rings is 1. The van der Waals surface area contributed by atoms with Gasteiger partial charge >= 0.3 is 0 Å². The van der Waals surface area contributed by atoms with Crippen molar-refractivity contribution in [3.63, 3.8) is 0 Å². The van der Waals surface area contributed by atoms with E-state index in [9.17, 15) is 9.59 Å². The lowest BCUT2D eigenvalue weighted by molar-refractivity contribution is -0.131. The number of carbonyl (C=O) groups is 2. The molecule has 3 aromatic carbocycles. The first-order chi connectivity index (χ1) is 21.1. The summed E-state index contributed by atoms with van der Waals surface area (Å²) in [5, 5.41) is 3.06. The standard InChI is InChI=1S/C35H37N5O2S/c41-33(39-20-9-1-2-10-21-39)17-8-3-5-14-29-24-40(30-15-6-4-7-16-30)35(37-29)38-34(42)28-13-11-12-26(22-28)27-18-19-32-31(23-27)36-25-43-32/h4,6-7,11-13,15-16,18-19,22-25H,1-3,5,8-10,14,17,20-21H2,(H,37,38,42). The number of benzene rings is 3. The summed E-state index contributed by atoms with van der Waals surface area (Å²) in [6.07, 6.45) is 10.9. The maximum Gasteiger partial charge on any atom is 0.258 e. The minimum atomic E-state index is -0.210. The summed E-state index contributed by atoms with van der Waals surface area (Å²) >= 11 is 1.62. The zero-order chi connectivity index (χ0) is 29.4. The number of nitrogens with zero attached hydrogens (tertiary/aromatic N) is 4. The van der Waals surface area contributed by atoms with Crippen molar-refractivity contribution in [2.75, 3.05) is 18.4 Å². The Morgan fingerprint density at radius 3 is 2.49 bits per heavy atom. The van der Waals surface area contributed by atoms with Crippen LogP contribution in [0.25, 0.3) is 27.0 Å². The van der Waals surface area contributed by atoms with Crippen LogP contribution in [0.1, 0.15) is 67.4 Å². The second-order valence-electron chi connectivity index (χ2n) is 11.2. The minimum Gasteiger partial charge on any atom is -0.343 e. The van der Waals surface area contributed by atoms with Gasteiger partial charge in [-0.2, -0.15) is 0 Å². The van der Waals surface area contributed by atoms with Gasteiger partial charge in [-0.15, -0.1) is 11.3 Å². The van der Waals surface area contributed by atoms with E-state index in [1.165, 1.54) is 12.8 Å². The summed E-state index contributed by atoms with van der Waals surface area (Å²) < 4.78 is 3.08. The van der Waals surface area contributed by atoms with Gasteiger partial charge in [-0.1, -0.05) is 55.7 Å². The molecule has 1 aliphatic rings. The fraction of sp³-hybridized carbons (Fsp3) is 0.314. The average Bonchev–Trinajstić information content (AvgIpc) is 3.58. The third-order valence-electron chi connectivity index (χ3n) is 8.09. The van der Waals surface area contributed by atoms with Crippen LogP contribution in [-0.2, 0) is 11.2 Å². The quantitative estimate of drug-likeness (QED) is 0.167. The molecule has 5 aromatic rings. The second-order valence-corrected chi connectivity index (χ2v) is 12.1. The van der Waals surface area contributed by atoms with Crippen molar-refractivity contribution in [1.29, 1.82) is 0 Å². The number of carbonyl (C=O) groups excluding carboxylic acids is 2. The van der Waals surface area contributed by atoms with Crippen LogP contribution < -0.4 is 5.32 Å². The van der Waals surface area contributed by atoms with Crippen LogP contribution in [0.4, 0.5) is 5.95 Å². The number of hydrogen-bond donors (Lipinski definition) is 1. The molecule has 0 bridgehead atoms. The van der Waals surface area contributed by atoms with E-state index in [0.717, 1.165) is 84.3 Å². The van der Waals surface area contributed by atoms with Crippen LogP contribution in [0.3, 0.4) is 0 Å². The molecule has 220 valence electrons. The van der Waals surface area contributed by atoms with Gasteiger partial charge in [0, 0.05) is 37.0 Å². The topological polar surface area (TPSA) is 80.1 Å². The number of nitrogens with one attached hydrogen (secondary N) is 1. The number of anilines is 1. The number of hydrogen-bond acceptors (Lipinski definition) is 5. The summed E-state index contributed by atoms with van der Waals surface area (Å²) in [5.74, 6) is 0.586. The highest BCUT2D eigenvalue weighted by atomic mass is 32.1. The lowest BCUT2D eigenvalue weighted by Crippen LogP contribution is -2.31. The van der Waals surface area contributed by atoms with Crippen LogP contribution >= 0.6 is 11.3 Å². The molecule has 3 heterocycles. The van der Waals surface area contributed by atoms with Gasteiger partial charge in [0.2, 0.25) is 11.9 Å². The third kappa shape index (κ3) is 7.20. The van der Waals surface area contributed by atoms with Crippen molar-refractivity contribution in [2.45, 2.75) is 57.8 Å². The predicted octanol–water partition coefficient (Wildman–Crippen LogP) is 7.91. The van der Waals surface area contributed by atoms with Gasteiger partial charge in [0.05, 0.1) is 21.4 Å². The molecule has 0 aliphatic carbocycles. The fourth-order valence-corrected chi connectivity index (χ4v) is 6.37. The number of unbranched alkanes of at least 4 members (excludes halogenated alkanes) is 2. The molecule has 0 radical (unpaired) electrons. The Labute approximate surface area is 256 Å². The maximum absolute atomic E-state index is 13.5. The Hall–Kier alpha value is -4.30. The number of likely N-dealkylation sites (tertiary alicyclic amines) is 1. The monoisotopic (exact) mass is 591 g/mol. The van der Waals surface area contributed by atoms with Gasteiger partial charge in [0.25, 0.3) is 5.91 Å². The number of imidazole rings is 1. The van der Waals surface area contributed by atoms with Crippen molar-refractivity contribution in [3.05, 3.63) is 95.8 Å². The van der Waals surface area contributed by atoms with E-state index in [4.69, 9.17) is 4.98 Å². The molecule has 1 N–H and O–H groups in total. The highest BCUT2D eigenvalue weighted by Crippen LogP contribution is 2.27. The zero-order valence-corrected chi connectivity index (χ0v) is 25.2. The number of para-hydroxylation sites is 1. The molecular weight excluding hydrogens is 554 g/mol. The predicted molar refractivity (Wildman–Crippen MR) is 174 cm³/mol. The van der Waals surface area contributed by atoms with Crippen LogP contribution in [0.15, 0.2) is 84.5 Å². The van der Waals surface area contributed by atoms with Gasteiger partial charge < -0.3 is 4.90 Å². The highest BCUT2D eigenvalue weighted by Gasteiger charge is 2.17. The molecule has 0 spiro atoms. The summed E-state index contributed by atoms with van der Waals surface area (Å²) in [5.41, 5.74) is 7.21. The van der Waals surface area contributed by atoms with Gasteiger partial charge in [-0.3, -0.25) is 19.5 Å². The first-order valence-corrected chi connectivity index (χ1v) is 16.2. The SMILES string of the molecule is O=C(Nc1nc(CCCCCC(=O)N2CCCCCC2)cn1-c1ccccc1)c1cccc(-c2ccc3scnc3c2)c1. The second kappa shape index (κ2) is 13.8. The van der Waals surface area contributed by atoms with Gasteiger partial charge in [0.15, 0.2) is 0 Å². The number of rotatable bonds is 10. The van der Waals surface area contributed by atoms with Crippen molar-refractivity contribution in [2.24, 2.45) is 0 Å². The largest absolute Gasteiger partial charge is 0.343 e. The molecule has 2 aromatic heterocycles. The fourth-order valence-electron chi connectivity index (χ4n) is 5.71. The Morgan fingerprint density at radius 1 is 0.837 bits per heavy atom. The van der Waals surface area contributed by atoms with Crippen molar-refractivity contribution in [1.82, 2.24) is 19.4 Å². The van der Waals surface area contributed by atoms with Crippen LogP contribution in [0.5, 0.6) is 0 Å². The third-order valence-corrected chi connectivity index (χ3v) is 8.90. The molecule has 1 saturated heterocycles. The molecule has 0 unspecified atom stereocenters. The van der Waals surface area contributed by atoms with E-state index in [1.807, 2.05) is 70.9 Å². The van der Waals surface area contributed by atoms with E-state index in [1.54, 1.807) is 11.3 Å². The van der Waals surface area contributed by atoms with Gasteiger partial charge in [-0.05, 0) is 79.6 Å². The molecule has 8 heteroatoms. The van der Waals surface area contributed by atoms with E-state index in [0.29, 0.717) is 23.8 Å². The van der Waals surface area contributed by atoms with Crippen LogP contribution in [0, 0.1) is 0 Å². The highest BCUT2D eigenvalue weighted by molar-refractivity contribution is 7.16. The number of amides is 2. The average molecular weight is 592 g/mol. The van der Waals surface area contributed by atoms with Crippen LogP contribution in [-0.4, -0.2) is 44.3 Å². The number of aromatic nitrogens is 3. The van der Waals surface area contributed by atoms with Crippen molar-refractivity contribution >= 4 is 39.3 Å². The Bertz CT molecular complexity index is 1680. The van der Waals surface area contributed by atoms with Crippen LogP contribution in [0.2, 0.25) is 0 Å². The molecule has 0 atom stereocenters. The number of fused-ring (bicyclic) bond motifs is 1. The first kappa shape index (κ1) is 28.8. The Morgan fingerprint density at radius 2 is 1.65 bits per heavy atom. The molecular formula is C35H37N5O2S.